The van der Waals surface area contributed by atoms with Gasteiger partial charge in [0.15, 0.2) is 0 Å². The quantitative estimate of drug-likeness (QED) is 0.763. The molecule has 0 amide bonds. The number of β-amino-alcohol motifs (C(OH)–C–C–N with tert-alkyl or cyclic N) is 1. The molecule has 1 N–H and O–H groups in total. The van der Waals surface area contributed by atoms with E-state index in [9.17, 15) is 9.90 Å². The average Bonchev–Trinajstić information content (AvgIpc) is 3.18. The second-order valence-corrected chi connectivity index (χ2v) is 9.37. The summed E-state index contributed by atoms with van der Waals surface area (Å²) in [6.45, 7) is 7.18. The third-order valence-electron chi connectivity index (χ3n) is 7.71. The molecule has 5 rings (SSSR count). The molecule has 1 atom stereocenters. The van der Waals surface area contributed by atoms with E-state index >= 15 is 0 Å². The van der Waals surface area contributed by atoms with Crippen LogP contribution in [0.5, 0.6) is 0 Å². The predicted octanol–water partition coefficient (Wildman–Crippen LogP) is 3.48. The van der Waals surface area contributed by atoms with Crippen LogP contribution in [0.25, 0.3) is 0 Å². The number of nitrogens with zero attached hydrogens (tertiary/aromatic N) is 3. The molecule has 2 fully saturated rings. The molecule has 4 heterocycles. The number of aliphatic hydroxyl groups excluding tert-OH is 1. The minimum atomic E-state index is -0.541. The smallest absolute Gasteiger partial charge is 0.338 e. The molecule has 1 spiro atoms. The molecule has 0 aliphatic carbocycles. The molecule has 3 aliphatic rings. The zero-order valence-corrected chi connectivity index (χ0v) is 18.2. The van der Waals surface area contributed by atoms with Crippen LogP contribution in [0.4, 0.5) is 5.82 Å². The number of hydrogen-bond acceptors (Lipinski definition) is 6. The van der Waals surface area contributed by atoms with Crippen molar-refractivity contribution in [2.24, 2.45) is 5.41 Å². The van der Waals surface area contributed by atoms with Crippen molar-refractivity contribution in [2.75, 3.05) is 37.6 Å². The third kappa shape index (κ3) is 3.94. The largest absolute Gasteiger partial charge is 0.457 e. The summed E-state index contributed by atoms with van der Waals surface area (Å²) in [5.74, 6) is 0.837. The average molecular weight is 422 g/mol. The van der Waals surface area contributed by atoms with Gasteiger partial charge in [0, 0.05) is 31.4 Å². The van der Waals surface area contributed by atoms with Crippen LogP contribution in [0.1, 0.15) is 58.8 Å². The molecule has 2 aromatic rings. The Balaban J connectivity index is 1.16. The molecule has 1 aromatic heterocycles. The lowest BCUT2D eigenvalue weighted by molar-refractivity contribution is 0.0447. The number of carbonyl (C=O) groups is 1. The first-order valence-corrected chi connectivity index (χ1v) is 11.4. The Morgan fingerprint density at radius 2 is 1.84 bits per heavy atom. The van der Waals surface area contributed by atoms with E-state index in [1.54, 1.807) is 6.07 Å². The summed E-state index contributed by atoms with van der Waals surface area (Å²) in [5.41, 5.74) is 3.92. The number of likely N-dealkylation sites (tertiary alicyclic amines) is 1. The fraction of sp³-hybridized carbons (Fsp3) is 0.520. The molecule has 0 bridgehead atoms. The van der Waals surface area contributed by atoms with Crippen LogP contribution in [0.3, 0.4) is 0 Å². The molecule has 3 aliphatic heterocycles. The molecule has 6 heteroatoms. The molecule has 0 saturated carbocycles. The highest BCUT2D eigenvalue weighted by atomic mass is 16.5. The van der Waals surface area contributed by atoms with E-state index in [4.69, 9.17) is 4.74 Å². The lowest BCUT2D eigenvalue weighted by Crippen LogP contribution is -2.47. The Morgan fingerprint density at radius 1 is 1.10 bits per heavy atom. The van der Waals surface area contributed by atoms with Gasteiger partial charge in [0.2, 0.25) is 0 Å². The van der Waals surface area contributed by atoms with Crippen molar-refractivity contribution in [1.29, 1.82) is 0 Å². The van der Waals surface area contributed by atoms with E-state index in [2.05, 4.69) is 26.9 Å². The van der Waals surface area contributed by atoms with Crippen LogP contribution in [0.15, 0.2) is 36.5 Å². The van der Waals surface area contributed by atoms with Crippen LogP contribution in [0, 0.1) is 12.3 Å². The zero-order chi connectivity index (χ0) is 21.4. The standard InChI is InChI=1S/C25H31N3O3/c1-18-19(5-6-20-21(18)17-31-24(20)30)22(29)16-27-12-7-25(8-13-27)9-14-28(15-10-25)23-4-2-3-11-26-23/h2-6,11,22,29H,7-10,12-17H2,1H3/t22-/m0/s1. The Kier molecular flexibility index (Phi) is 5.44. The van der Waals surface area contributed by atoms with Crippen molar-refractivity contribution in [3.8, 4) is 0 Å². The van der Waals surface area contributed by atoms with Crippen molar-refractivity contribution < 1.29 is 14.6 Å². The maximum Gasteiger partial charge on any atom is 0.338 e. The lowest BCUT2D eigenvalue weighted by atomic mass is 9.71. The molecule has 0 unspecified atom stereocenters. The van der Waals surface area contributed by atoms with Crippen LogP contribution in [0.2, 0.25) is 0 Å². The molecule has 6 nitrogen and oxygen atoms in total. The van der Waals surface area contributed by atoms with E-state index in [-0.39, 0.29) is 5.97 Å². The van der Waals surface area contributed by atoms with Gasteiger partial charge in [-0.15, -0.1) is 0 Å². The third-order valence-corrected chi connectivity index (χ3v) is 7.71. The van der Waals surface area contributed by atoms with Gasteiger partial charge in [-0.05, 0) is 80.4 Å². The van der Waals surface area contributed by atoms with Crippen LogP contribution >= 0.6 is 0 Å². The molecule has 31 heavy (non-hydrogen) atoms. The maximum atomic E-state index is 11.8. The van der Waals surface area contributed by atoms with E-state index in [1.165, 1.54) is 25.7 Å². The first-order valence-electron chi connectivity index (χ1n) is 11.4. The van der Waals surface area contributed by atoms with Crippen LogP contribution in [-0.2, 0) is 11.3 Å². The minimum Gasteiger partial charge on any atom is -0.457 e. The molecule has 0 radical (unpaired) electrons. The number of pyridine rings is 1. The summed E-state index contributed by atoms with van der Waals surface area (Å²) in [5, 5.41) is 10.9. The number of aliphatic hydroxyl groups is 1. The molecular formula is C25H31N3O3. The Labute approximate surface area is 183 Å². The highest BCUT2D eigenvalue weighted by molar-refractivity contribution is 5.93. The number of esters is 1. The summed E-state index contributed by atoms with van der Waals surface area (Å²) in [6, 6.07) is 9.83. The van der Waals surface area contributed by atoms with Gasteiger partial charge in [-0.3, -0.25) is 0 Å². The highest BCUT2D eigenvalue weighted by Crippen LogP contribution is 2.42. The van der Waals surface area contributed by atoms with E-state index < -0.39 is 6.10 Å². The predicted molar refractivity (Wildman–Crippen MR) is 119 cm³/mol. The monoisotopic (exact) mass is 421 g/mol. The van der Waals surface area contributed by atoms with Gasteiger partial charge in [-0.25, -0.2) is 9.78 Å². The lowest BCUT2D eigenvalue weighted by Gasteiger charge is -2.47. The molecular weight excluding hydrogens is 390 g/mol. The van der Waals surface area contributed by atoms with Crippen LogP contribution < -0.4 is 4.90 Å². The van der Waals surface area contributed by atoms with Crippen LogP contribution in [-0.4, -0.2) is 53.7 Å². The van der Waals surface area contributed by atoms with Crippen molar-refractivity contribution in [3.05, 3.63) is 58.8 Å². The van der Waals surface area contributed by atoms with Gasteiger partial charge in [-0.1, -0.05) is 12.1 Å². The van der Waals surface area contributed by atoms with Gasteiger partial charge < -0.3 is 19.6 Å². The number of piperidine rings is 2. The Morgan fingerprint density at radius 3 is 2.55 bits per heavy atom. The number of ether oxygens (including phenoxy) is 1. The first-order chi connectivity index (χ1) is 15.0. The second kappa shape index (κ2) is 8.24. The van der Waals surface area contributed by atoms with E-state index in [0.717, 1.165) is 48.7 Å². The zero-order valence-electron chi connectivity index (χ0n) is 18.2. The molecule has 164 valence electrons. The number of hydrogen-bond donors (Lipinski definition) is 1. The number of benzene rings is 1. The summed E-state index contributed by atoms with van der Waals surface area (Å²) < 4.78 is 5.15. The second-order valence-electron chi connectivity index (χ2n) is 9.37. The number of rotatable bonds is 4. The normalized spacial score (nSPS) is 21.7. The van der Waals surface area contributed by atoms with Crippen molar-refractivity contribution in [2.45, 2.75) is 45.3 Å². The van der Waals surface area contributed by atoms with Crippen molar-refractivity contribution >= 4 is 11.8 Å². The van der Waals surface area contributed by atoms with Gasteiger partial charge >= 0.3 is 5.97 Å². The number of cyclic esters (lactones) is 1. The van der Waals surface area contributed by atoms with Crippen molar-refractivity contribution in [1.82, 2.24) is 9.88 Å². The summed E-state index contributed by atoms with van der Waals surface area (Å²) in [4.78, 5) is 21.1. The summed E-state index contributed by atoms with van der Waals surface area (Å²) in [7, 11) is 0. The Bertz CT molecular complexity index is 944. The molecule has 1 aromatic carbocycles. The van der Waals surface area contributed by atoms with E-state index in [0.29, 0.717) is 24.1 Å². The number of carbonyl (C=O) groups excluding carboxylic acids is 1. The fourth-order valence-electron chi connectivity index (χ4n) is 5.53. The summed E-state index contributed by atoms with van der Waals surface area (Å²) in [6.07, 6.45) is 6.16. The highest BCUT2D eigenvalue weighted by Gasteiger charge is 2.38. The SMILES string of the molecule is Cc1c([C@@H](O)CN2CCC3(CC2)CCN(c2ccccn2)CC3)ccc2c1COC2=O. The topological polar surface area (TPSA) is 65.9 Å². The van der Waals surface area contributed by atoms with Crippen molar-refractivity contribution in [3.63, 3.8) is 0 Å². The van der Waals surface area contributed by atoms with Gasteiger partial charge in [0.1, 0.15) is 12.4 Å². The number of fused-ring (bicyclic) bond motifs is 1. The van der Waals surface area contributed by atoms with Gasteiger partial charge in [-0.2, -0.15) is 0 Å². The minimum absolute atomic E-state index is 0.255. The maximum absolute atomic E-state index is 11.8. The van der Waals surface area contributed by atoms with Gasteiger partial charge in [0.05, 0.1) is 11.7 Å². The molecule has 2 saturated heterocycles. The first kappa shape index (κ1) is 20.5. The van der Waals surface area contributed by atoms with E-state index in [1.807, 2.05) is 25.3 Å². The summed E-state index contributed by atoms with van der Waals surface area (Å²) >= 11 is 0. The Hall–Kier alpha value is -2.44. The fourth-order valence-corrected chi connectivity index (χ4v) is 5.53. The number of aromatic nitrogens is 1. The number of anilines is 1. The van der Waals surface area contributed by atoms with Gasteiger partial charge in [0.25, 0.3) is 0 Å².